The van der Waals surface area contributed by atoms with Crippen LogP contribution in [-0.2, 0) is 30.2 Å². The number of benzene rings is 2. The molecule has 0 aliphatic carbocycles. The Hall–Kier alpha value is -4.26. The summed E-state index contributed by atoms with van der Waals surface area (Å²) in [6.07, 6.45) is -11.5. The first-order valence-corrected chi connectivity index (χ1v) is 16.6. The van der Waals surface area contributed by atoms with Gasteiger partial charge in [-0.3, -0.25) is 9.59 Å². The Labute approximate surface area is 298 Å². The van der Waals surface area contributed by atoms with Gasteiger partial charge in [-0.15, -0.1) is 0 Å². The van der Waals surface area contributed by atoms with Crippen LogP contribution in [0.15, 0.2) is 51.2 Å². The van der Waals surface area contributed by atoms with Crippen LogP contribution in [0.4, 0.5) is 0 Å². The van der Waals surface area contributed by atoms with E-state index in [4.69, 9.17) is 32.8 Å². The van der Waals surface area contributed by atoms with Crippen LogP contribution < -0.4 is 14.9 Å². The summed E-state index contributed by atoms with van der Waals surface area (Å²) in [5.41, 5.74) is 0.516. The van der Waals surface area contributed by atoms with E-state index in [9.17, 15) is 45.3 Å². The standard InChI is InChI=1S/C36H44O16/c1-15(2)6-11-20-22(39)12-23(40)25-28(43)34(32(51-33(20)25)18-7-9-19(46-5)10-8-18)52-36-26(41)21(31(16(3)48-36)49-17(4)38)14-47-35-30(45)29(44)27(42)24(13-37)50-35/h6-10,12,16,21,24,26-27,29-31,35-37,39-42,44-45H,11,13-14H2,1-5H3/t16-,21-,24+,26+,27+,29-,30+,31-,35+,36+/m0/s1. The van der Waals surface area contributed by atoms with E-state index >= 15 is 0 Å². The van der Waals surface area contributed by atoms with Crippen LogP contribution >= 0.6 is 0 Å². The first-order chi connectivity index (χ1) is 24.7. The number of methoxy groups -OCH3 is 1. The quantitative estimate of drug-likeness (QED) is 0.108. The van der Waals surface area contributed by atoms with Crippen molar-refractivity contribution in [1.82, 2.24) is 0 Å². The molecular weight excluding hydrogens is 688 g/mol. The van der Waals surface area contributed by atoms with E-state index in [2.05, 4.69) is 0 Å². The zero-order valence-electron chi connectivity index (χ0n) is 29.2. The molecule has 5 rings (SSSR count). The van der Waals surface area contributed by atoms with Gasteiger partial charge in [-0.05, 0) is 51.5 Å². The smallest absolute Gasteiger partial charge is 0.303 e. The van der Waals surface area contributed by atoms with Crippen molar-refractivity contribution in [2.24, 2.45) is 5.92 Å². The third kappa shape index (κ3) is 7.89. The molecule has 3 heterocycles. The first kappa shape index (κ1) is 39.0. The molecule has 1 aromatic heterocycles. The van der Waals surface area contributed by atoms with Crippen LogP contribution in [0.3, 0.4) is 0 Å². The maximum atomic E-state index is 14.3. The SMILES string of the molecule is COc1ccc(-c2oc3c(CC=C(C)C)c(O)cc(O)c3c(=O)c2O[C@H]2O[C@@H](C)[C@H](OC(C)=O)[C@@H](CO[C@@H]3O[C@H](CO)[C@@H](O)[C@H](O)[C@H]3O)[C@H]2O)cc1. The molecule has 10 atom stereocenters. The van der Waals surface area contributed by atoms with E-state index < -0.39 is 97.3 Å². The van der Waals surface area contributed by atoms with Crippen molar-refractivity contribution in [3.8, 4) is 34.3 Å². The number of fused-ring (bicyclic) bond motifs is 1. The zero-order valence-corrected chi connectivity index (χ0v) is 29.2. The van der Waals surface area contributed by atoms with Crippen molar-refractivity contribution in [3.05, 3.63) is 57.8 Å². The Morgan fingerprint density at radius 3 is 2.23 bits per heavy atom. The van der Waals surface area contributed by atoms with Crippen molar-refractivity contribution in [2.75, 3.05) is 20.3 Å². The Morgan fingerprint density at radius 2 is 1.62 bits per heavy atom. The fourth-order valence-corrected chi connectivity index (χ4v) is 6.22. The lowest BCUT2D eigenvalue weighted by Crippen LogP contribution is -2.61. The van der Waals surface area contributed by atoms with Crippen molar-refractivity contribution < 1.29 is 73.4 Å². The van der Waals surface area contributed by atoms with E-state index in [1.165, 1.54) is 14.0 Å². The molecule has 2 aliphatic rings. The Kier molecular flexibility index (Phi) is 12.1. The number of aromatic hydroxyl groups is 2. The number of allylic oxidation sites excluding steroid dienone is 2. The molecule has 0 radical (unpaired) electrons. The molecule has 2 aliphatic heterocycles. The first-order valence-electron chi connectivity index (χ1n) is 16.6. The Bertz CT molecular complexity index is 1810. The monoisotopic (exact) mass is 732 g/mol. The summed E-state index contributed by atoms with van der Waals surface area (Å²) in [5, 5.41) is 73.5. The van der Waals surface area contributed by atoms with Gasteiger partial charge < -0.3 is 68.6 Å². The number of carbonyl (C=O) groups is 1. The van der Waals surface area contributed by atoms with Crippen LogP contribution in [0.1, 0.15) is 33.3 Å². The number of carbonyl (C=O) groups excluding carboxylic acids is 1. The minimum atomic E-state index is -1.76. The highest BCUT2D eigenvalue weighted by Gasteiger charge is 2.49. The van der Waals surface area contributed by atoms with E-state index in [1.54, 1.807) is 24.3 Å². The second kappa shape index (κ2) is 16.2. The summed E-state index contributed by atoms with van der Waals surface area (Å²) in [6.45, 7) is 5.18. The normalized spacial score (nSPS) is 29.0. The van der Waals surface area contributed by atoms with Crippen LogP contribution in [0, 0.1) is 5.92 Å². The lowest BCUT2D eigenvalue weighted by atomic mass is 9.89. The number of rotatable bonds is 11. The van der Waals surface area contributed by atoms with Crippen LogP contribution in [0.2, 0.25) is 0 Å². The molecule has 16 heteroatoms. The Morgan fingerprint density at radius 1 is 0.923 bits per heavy atom. The number of hydrogen-bond donors (Lipinski definition) is 7. The molecule has 2 saturated heterocycles. The summed E-state index contributed by atoms with van der Waals surface area (Å²) in [5.74, 6) is -2.89. The average molecular weight is 733 g/mol. The summed E-state index contributed by atoms with van der Waals surface area (Å²) in [7, 11) is 1.48. The van der Waals surface area contributed by atoms with Crippen LogP contribution in [0.5, 0.6) is 23.0 Å². The number of phenols is 2. The predicted molar refractivity (Wildman–Crippen MR) is 181 cm³/mol. The molecule has 0 bridgehead atoms. The molecule has 52 heavy (non-hydrogen) atoms. The van der Waals surface area contributed by atoms with E-state index in [0.717, 1.165) is 18.6 Å². The van der Waals surface area contributed by atoms with Gasteiger partial charge in [0.1, 0.15) is 64.8 Å². The number of ether oxygens (including phenoxy) is 6. The molecular formula is C36H44O16. The third-order valence-electron chi connectivity index (χ3n) is 9.04. The third-order valence-corrected chi connectivity index (χ3v) is 9.04. The minimum Gasteiger partial charge on any atom is -0.507 e. The van der Waals surface area contributed by atoms with Gasteiger partial charge in [0, 0.05) is 24.1 Å². The molecule has 0 spiro atoms. The number of phenolic OH excluding ortho intramolecular Hbond substituents is 2. The van der Waals surface area contributed by atoms with Crippen molar-refractivity contribution >= 4 is 16.9 Å². The largest absolute Gasteiger partial charge is 0.507 e. The maximum Gasteiger partial charge on any atom is 0.303 e. The maximum absolute atomic E-state index is 14.3. The number of aliphatic hydroxyl groups excluding tert-OH is 5. The average Bonchev–Trinajstić information content (AvgIpc) is 3.10. The van der Waals surface area contributed by atoms with Gasteiger partial charge in [-0.25, -0.2) is 0 Å². The van der Waals surface area contributed by atoms with Gasteiger partial charge in [0.25, 0.3) is 0 Å². The molecule has 284 valence electrons. The lowest BCUT2D eigenvalue weighted by Gasteiger charge is -2.44. The lowest BCUT2D eigenvalue weighted by molar-refractivity contribution is -0.315. The highest BCUT2D eigenvalue weighted by molar-refractivity contribution is 5.91. The topological polar surface area (TPSA) is 244 Å². The fourth-order valence-electron chi connectivity index (χ4n) is 6.22. The van der Waals surface area contributed by atoms with Gasteiger partial charge >= 0.3 is 5.97 Å². The molecule has 0 amide bonds. The summed E-state index contributed by atoms with van der Waals surface area (Å²) >= 11 is 0. The van der Waals surface area contributed by atoms with Crippen molar-refractivity contribution in [1.29, 1.82) is 0 Å². The van der Waals surface area contributed by atoms with Gasteiger partial charge in [0.15, 0.2) is 12.1 Å². The number of aliphatic hydroxyl groups is 5. The van der Waals surface area contributed by atoms with Crippen LogP contribution in [0.25, 0.3) is 22.3 Å². The van der Waals surface area contributed by atoms with E-state index in [1.807, 2.05) is 19.9 Å². The van der Waals surface area contributed by atoms with Gasteiger partial charge in [0.2, 0.25) is 17.5 Å². The molecule has 7 N–H and O–H groups in total. The van der Waals surface area contributed by atoms with Crippen molar-refractivity contribution in [2.45, 2.75) is 89.4 Å². The molecule has 0 saturated carbocycles. The number of hydrogen-bond acceptors (Lipinski definition) is 16. The predicted octanol–water partition coefficient (Wildman–Crippen LogP) is 1.24. The summed E-state index contributed by atoms with van der Waals surface area (Å²) in [4.78, 5) is 26.4. The van der Waals surface area contributed by atoms with Crippen LogP contribution in [-0.4, -0.2) is 117 Å². The molecule has 2 fully saturated rings. The second-order valence-corrected chi connectivity index (χ2v) is 13.0. The zero-order chi connectivity index (χ0) is 38.0. The fraction of sp³-hybridized carbons (Fsp3) is 0.500. The number of esters is 1. The summed E-state index contributed by atoms with van der Waals surface area (Å²) < 4.78 is 40.2. The second-order valence-electron chi connectivity index (χ2n) is 13.0. The van der Waals surface area contributed by atoms with E-state index in [-0.39, 0.29) is 34.5 Å². The minimum absolute atomic E-state index is 0.0997. The Balaban J connectivity index is 1.57. The molecule has 16 nitrogen and oxygen atoms in total. The highest BCUT2D eigenvalue weighted by atomic mass is 16.7. The van der Waals surface area contributed by atoms with Crippen molar-refractivity contribution in [3.63, 3.8) is 0 Å². The van der Waals surface area contributed by atoms with Gasteiger partial charge in [-0.1, -0.05) is 11.6 Å². The molecule has 2 aromatic carbocycles. The molecule has 3 aromatic rings. The van der Waals surface area contributed by atoms with Gasteiger partial charge in [-0.2, -0.15) is 0 Å². The highest BCUT2D eigenvalue weighted by Crippen LogP contribution is 2.41. The molecule has 0 unspecified atom stereocenters. The van der Waals surface area contributed by atoms with Gasteiger partial charge in [0.05, 0.1) is 32.3 Å². The van der Waals surface area contributed by atoms with E-state index in [0.29, 0.717) is 11.3 Å². The summed E-state index contributed by atoms with van der Waals surface area (Å²) in [6, 6.07) is 7.41.